The summed E-state index contributed by atoms with van der Waals surface area (Å²) in [4.78, 5) is 0. The van der Waals surface area contributed by atoms with Crippen LogP contribution in [0.5, 0.6) is 0 Å². The van der Waals surface area contributed by atoms with Gasteiger partial charge in [-0.3, -0.25) is 0 Å². The van der Waals surface area contributed by atoms with Crippen LogP contribution in [0.3, 0.4) is 0 Å². The first-order valence-corrected chi connectivity index (χ1v) is 6.60. The normalized spacial score (nSPS) is 11.8. The Hall–Kier alpha value is -1.56. The summed E-state index contributed by atoms with van der Waals surface area (Å²) in [5, 5.41) is 0. The fraction of sp³-hybridized carbons (Fsp3) is 0.333. The van der Waals surface area contributed by atoms with Crippen molar-refractivity contribution in [2.75, 3.05) is 0 Å². The van der Waals surface area contributed by atoms with Gasteiger partial charge in [0.15, 0.2) is 0 Å². The molecular weight excluding hydrogens is 216 g/mol. The van der Waals surface area contributed by atoms with Gasteiger partial charge in [-0.15, -0.1) is 0 Å². The lowest BCUT2D eigenvalue weighted by Crippen LogP contribution is -2.21. The van der Waals surface area contributed by atoms with Crippen LogP contribution in [0.2, 0.25) is 0 Å². The van der Waals surface area contributed by atoms with Crippen LogP contribution in [-0.2, 0) is 5.41 Å². The quantitative estimate of drug-likeness (QED) is 0.709. The Balaban J connectivity index is 2.54. The van der Waals surface area contributed by atoms with Crippen molar-refractivity contribution in [1.82, 2.24) is 0 Å². The van der Waals surface area contributed by atoms with Crippen LogP contribution in [0.4, 0.5) is 0 Å². The third kappa shape index (κ3) is 2.33. The number of hydrogen-bond acceptors (Lipinski definition) is 0. The van der Waals surface area contributed by atoms with E-state index in [1.165, 1.54) is 16.7 Å². The molecule has 2 aromatic rings. The maximum Gasteiger partial charge on any atom is 0.0155 e. The van der Waals surface area contributed by atoms with Gasteiger partial charge in [-0.05, 0) is 28.7 Å². The summed E-state index contributed by atoms with van der Waals surface area (Å²) in [5.74, 6) is 0.546. The molecule has 2 aromatic carbocycles. The highest BCUT2D eigenvalue weighted by molar-refractivity contribution is 5.42. The SMILES string of the molecule is CC(C)c1ccccc1C(C)(C)c1[c]cccc1. The minimum Gasteiger partial charge on any atom is -0.0620 e. The molecule has 0 amide bonds. The molecule has 0 aliphatic carbocycles. The largest absolute Gasteiger partial charge is 0.0620 e. The molecule has 0 heteroatoms. The molecular formula is C18H21. The summed E-state index contributed by atoms with van der Waals surface area (Å²) in [5.41, 5.74) is 4.09. The van der Waals surface area contributed by atoms with Crippen LogP contribution >= 0.6 is 0 Å². The Kier molecular flexibility index (Phi) is 3.56. The third-order valence-corrected chi connectivity index (χ3v) is 3.64. The second kappa shape index (κ2) is 4.97. The van der Waals surface area contributed by atoms with Crippen molar-refractivity contribution < 1.29 is 0 Å². The van der Waals surface area contributed by atoms with E-state index in [-0.39, 0.29) is 5.41 Å². The molecule has 93 valence electrons. The molecule has 0 spiro atoms. The average Bonchev–Trinajstić information content (AvgIpc) is 2.39. The molecule has 0 saturated heterocycles. The van der Waals surface area contributed by atoms with Crippen LogP contribution in [0, 0.1) is 6.07 Å². The molecule has 0 fully saturated rings. The van der Waals surface area contributed by atoms with Crippen molar-refractivity contribution in [2.24, 2.45) is 0 Å². The lowest BCUT2D eigenvalue weighted by Gasteiger charge is -2.29. The van der Waals surface area contributed by atoms with Gasteiger partial charge in [0.05, 0.1) is 0 Å². The predicted octanol–water partition coefficient (Wildman–Crippen LogP) is 4.94. The van der Waals surface area contributed by atoms with Crippen molar-refractivity contribution in [3.63, 3.8) is 0 Å². The highest BCUT2D eigenvalue weighted by atomic mass is 14.3. The van der Waals surface area contributed by atoms with Crippen molar-refractivity contribution in [1.29, 1.82) is 0 Å². The van der Waals surface area contributed by atoms with Crippen LogP contribution in [0.25, 0.3) is 0 Å². The maximum absolute atomic E-state index is 3.37. The summed E-state index contributed by atoms with van der Waals surface area (Å²) in [6.07, 6.45) is 0. The Morgan fingerprint density at radius 3 is 2.22 bits per heavy atom. The summed E-state index contributed by atoms with van der Waals surface area (Å²) in [7, 11) is 0. The van der Waals surface area contributed by atoms with Crippen molar-refractivity contribution >= 4 is 0 Å². The summed E-state index contributed by atoms with van der Waals surface area (Å²) < 4.78 is 0. The van der Waals surface area contributed by atoms with Gasteiger partial charge in [-0.2, -0.15) is 0 Å². The standard InChI is InChI=1S/C18H21/c1-14(2)16-12-8-9-13-17(16)18(3,4)15-10-6-5-7-11-15/h5-10,12-14H,1-4H3. The smallest absolute Gasteiger partial charge is 0.0155 e. The summed E-state index contributed by atoms with van der Waals surface area (Å²) in [6, 6.07) is 20.4. The Labute approximate surface area is 111 Å². The maximum atomic E-state index is 3.37. The van der Waals surface area contributed by atoms with E-state index in [1.54, 1.807) is 0 Å². The highest BCUT2D eigenvalue weighted by Gasteiger charge is 2.26. The summed E-state index contributed by atoms with van der Waals surface area (Å²) in [6.45, 7) is 9.06. The monoisotopic (exact) mass is 237 g/mol. The van der Waals surface area contributed by atoms with E-state index in [2.05, 4.69) is 70.2 Å². The summed E-state index contributed by atoms with van der Waals surface area (Å²) >= 11 is 0. The van der Waals surface area contributed by atoms with E-state index in [4.69, 9.17) is 0 Å². The van der Waals surface area contributed by atoms with Gasteiger partial charge in [0, 0.05) is 5.41 Å². The van der Waals surface area contributed by atoms with Gasteiger partial charge in [-0.25, -0.2) is 0 Å². The number of hydrogen-bond donors (Lipinski definition) is 0. The molecule has 0 nitrogen and oxygen atoms in total. The highest BCUT2D eigenvalue weighted by Crippen LogP contribution is 2.35. The Morgan fingerprint density at radius 1 is 0.944 bits per heavy atom. The topological polar surface area (TPSA) is 0 Å². The molecule has 18 heavy (non-hydrogen) atoms. The zero-order valence-corrected chi connectivity index (χ0v) is 11.7. The molecule has 1 radical (unpaired) electrons. The van der Waals surface area contributed by atoms with Gasteiger partial charge in [-0.1, -0.05) is 76.2 Å². The van der Waals surface area contributed by atoms with Gasteiger partial charge < -0.3 is 0 Å². The third-order valence-electron chi connectivity index (χ3n) is 3.64. The van der Waals surface area contributed by atoms with E-state index < -0.39 is 0 Å². The molecule has 0 aliphatic heterocycles. The molecule has 2 rings (SSSR count). The van der Waals surface area contributed by atoms with Crippen LogP contribution < -0.4 is 0 Å². The Bertz CT molecular complexity index is 507. The predicted molar refractivity (Wildman–Crippen MR) is 77.9 cm³/mol. The fourth-order valence-corrected chi connectivity index (χ4v) is 2.50. The first-order valence-electron chi connectivity index (χ1n) is 6.60. The number of rotatable bonds is 3. The lowest BCUT2D eigenvalue weighted by atomic mass is 9.74. The first kappa shape index (κ1) is 12.9. The lowest BCUT2D eigenvalue weighted by molar-refractivity contribution is 0.622. The minimum absolute atomic E-state index is 0.00211. The fourth-order valence-electron chi connectivity index (χ4n) is 2.50. The van der Waals surface area contributed by atoms with Crippen molar-refractivity contribution in [3.05, 3.63) is 71.3 Å². The van der Waals surface area contributed by atoms with E-state index in [9.17, 15) is 0 Å². The van der Waals surface area contributed by atoms with E-state index >= 15 is 0 Å². The average molecular weight is 237 g/mol. The van der Waals surface area contributed by atoms with E-state index in [0.717, 1.165) is 0 Å². The van der Waals surface area contributed by atoms with Crippen LogP contribution in [0.15, 0.2) is 48.5 Å². The van der Waals surface area contributed by atoms with Crippen LogP contribution in [0.1, 0.15) is 50.3 Å². The van der Waals surface area contributed by atoms with E-state index in [1.807, 2.05) is 12.1 Å². The number of benzene rings is 2. The molecule has 0 aromatic heterocycles. The van der Waals surface area contributed by atoms with Gasteiger partial charge >= 0.3 is 0 Å². The molecule has 0 atom stereocenters. The Morgan fingerprint density at radius 2 is 1.61 bits per heavy atom. The molecule has 0 unspecified atom stereocenters. The van der Waals surface area contributed by atoms with Gasteiger partial charge in [0.1, 0.15) is 0 Å². The van der Waals surface area contributed by atoms with Crippen LogP contribution in [-0.4, -0.2) is 0 Å². The molecule has 0 heterocycles. The van der Waals surface area contributed by atoms with E-state index in [0.29, 0.717) is 5.92 Å². The molecule has 0 saturated carbocycles. The van der Waals surface area contributed by atoms with Gasteiger partial charge in [0.2, 0.25) is 0 Å². The van der Waals surface area contributed by atoms with Gasteiger partial charge in [0.25, 0.3) is 0 Å². The minimum atomic E-state index is 0.00211. The molecule has 0 aliphatic rings. The zero-order valence-electron chi connectivity index (χ0n) is 11.7. The second-order valence-corrected chi connectivity index (χ2v) is 5.64. The van der Waals surface area contributed by atoms with Crippen molar-refractivity contribution in [2.45, 2.75) is 39.0 Å². The molecule has 0 N–H and O–H groups in total. The first-order chi connectivity index (χ1) is 8.53. The zero-order chi connectivity index (χ0) is 13.2. The molecule has 0 bridgehead atoms. The second-order valence-electron chi connectivity index (χ2n) is 5.64. The van der Waals surface area contributed by atoms with Crippen molar-refractivity contribution in [3.8, 4) is 0 Å².